The molecule has 0 heterocycles. The number of carbonyl (C=O) groups excluding carboxylic acids is 1. The lowest BCUT2D eigenvalue weighted by Crippen LogP contribution is -2.20. The first-order valence-electron chi connectivity index (χ1n) is 13.2. The molecule has 0 aliphatic carbocycles. The van der Waals surface area contributed by atoms with Gasteiger partial charge in [-0.1, -0.05) is 112 Å². The third kappa shape index (κ3) is 10.8. The van der Waals surface area contributed by atoms with Crippen molar-refractivity contribution < 1.29 is 14.6 Å². The number of halogens is 3. The number of nitrogens with one attached hydrogen (secondary N) is 1. The van der Waals surface area contributed by atoms with Crippen LogP contribution < -0.4 is 10.1 Å². The standard InChI is InChI=1S/C29H40Cl3NO3/c1-3-4-5-6-7-8-9-10-11-12-13-14-15-22-18-23(30)16-17-26(22)36-20-27(34)33-25-19-24(31)21(2)28(32)29(25)35/h16-19,35H,3-15,20H2,1-2H3,(H,33,34). The van der Waals surface area contributed by atoms with E-state index in [1.54, 1.807) is 19.1 Å². The number of benzene rings is 2. The second kappa shape index (κ2) is 17.0. The lowest BCUT2D eigenvalue weighted by Gasteiger charge is -2.14. The van der Waals surface area contributed by atoms with E-state index >= 15 is 0 Å². The van der Waals surface area contributed by atoms with Gasteiger partial charge in [0.15, 0.2) is 12.4 Å². The van der Waals surface area contributed by atoms with Crippen LogP contribution in [0, 0.1) is 6.92 Å². The maximum atomic E-state index is 12.4. The predicted molar refractivity (Wildman–Crippen MR) is 153 cm³/mol. The zero-order chi connectivity index (χ0) is 26.3. The number of amides is 1. The molecule has 0 spiro atoms. The Labute approximate surface area is 231 Å². The van der Waals surface area contributed by atoms with E-state index < -0.39 is 5.91 Å². The minimum absolute atomic E-state index is 0.112. The predicted octanol–water partition coefficient (Wildman–Crippen LogP) is 9.92. The van der Waals surface area contributed by atoms with Crippen molar-refractivity contribution in [3.05, 3.63) is 50.5 Å². The van der Waals surface area contributed by atoms with Crippen LogP contribution in [0.15, 0.2) is 24.3 Å². The first-order chi connectivity index (χ1) is 17.3. The zero-order valence-corrected chi connectivity index (χ0v) is 23.9. The van der Waals surface area contributed by atoms with Crippen molar-refractivity contribution in [1.82, 2.24) is 0 Å². The van der Waals surface area contributed by atoms with Crippen LogP contribution in [0.5, 0.6) is 11.5 Å². The number of phenolic OH excluding ortho intramolecular Hbond substituents is 1. The first kappa shape index (κ1) is 30.6. The summed E-state index contributed by atoms with van der Waals surface area (Å²) in [6.07, 6.45) is 16.4. The number of hydrogen-bond donors (Lipinski definition) is 2. The quantitative estimate of drug-likeness (QED) is 0.150. The van der Waals surface area contributed by atoms with Crippen LogP contribution in [0.4, 0.5) is 5.69 Å². The van der Waals surface area contributed by atoms with E-state index in [0.717, 1.165) is 24.8 Å². The van der Waals surface area contributed by atoms with Gasteiger partial charge in [-0.25, -0.2) is 0 Å². The Balaban J connectivity index is 1.73. The summed E-state index contributed by atoms with van der Waals surface area (Å²) in [5.41, 5.74) is 1.69. The van der Waals surface area contributed by atoms with Crippen LogP contribution in [-0.4, -0.2) is 17.6 Å². The highest BCUT2D eigenvalue weighted by molar-refractivity contribution is 6.37. The first-order valence-corrected chi connectivity index (χ1v) is 14.4. The molecule has 2 aromatic rings. The molecule has 0 saturated heterocycles. The number of carbonyl (C=O) groups is 1. The average molecular weight is 557 g/mol. The fraction of sp³-hybridized carbons (Fsp3) is 0.552. The van der Waals surface area contributed by atoms with Crippen LogP contribution in [-0.2, 0) is 11.2 Å². The van der Waals surface area contributed by atoms with Crippen molar-refractivity contribution in [2.45, 2.75) is 97.3 Å². The molecular weight excluding hydrogens is 517 g/mol. The van der Waals surface area contributed by atoms with E-state index in [-0.39, 0.29) is 23.1 Å². The van der Waals surface area contributed by atoms with Crippen molar-refractivity contribution in [3.63, 3.8) is 0 Å². The van der Waals surface area contributed by atoms with Crippen LogP contribution in [0.2, 0.25) is 15.1 Å². The Bertz CT molecular complexity index is 965. The second-order valence-corrected chi connectivity index (χ2v) is 10.6. The highest BCUT2D eigenvalue weighted by Crippen LogP contribution is 2.38. The molecule has 200 valence electrons. The van der Waals surface area contributed by atoms with E-state index in [0.29, 0.717) is 21.4 Å². The summed E-state index contributed by atoms with van der Waals surface area (Å²) in [4.78, 5) is 12.4. The number of aromatic hydroxyl groups is 1. The Kier molecular flexibility index (Phi) is 14.4. The molecule has 0 fully saturated rings. The average Bonchev–Trinajstić information content (AvgIpc) is 2.86. The van der Waals surface area contributed by atoms with Gasteiger partial charge in [0.25, 0.3) is 5.91 Å². The molecule has 0 aliphatic rings. The molecule has 4 nitrogen and oxygen atoms in total. The summed E-state index contributed by atoms with van der Waals surface area (Å²) in [5, 5.41) is 13.9. The summed E-state index contributed by atoms with van der Waals surface area (Å²) >= 11 is 18.4. The smallest absolute Gasteiger partial charge is 0.262 e. The maximum absolute atomic E-state index is 12.4. The third-order valence-corrected chi connectivity index (χ3v) is 7.47. The van der Waals surface area contributed by atoms with Gasteiger partial charge in [0.1, 0.15) is 5.75 Å². The number of hydrogen-bond acceptors (Lipinski definition) is 3. The van der Waals surface area contributed by atoms with Gasteiger partial charge < -0.3 is 15.2 Å². The zero-order valence-electron chi connectivity index (χ0n) is 21.6. The van der Waals surface area contributed by atoms with Crippen molar-refractivity contribution in [2.24, 2.45) is 0 Å². The summed E-state index contributed by atoms with van der Waals surface area (Å²) in [7, 11) is 0. The van der Waals surface area contributed by atoms with Crippen LogP contribution >= 0.6 is 34.8 Å². The minimum Gasteiger partial charge on any atom is -0.504 e. The largest absolute Gasteiger partial charge is 0.504 e. The van der Waals surface area contributed by atoms with Crippen LogP contribution in [0.1, 0.15) is 95.1 Å². The van der Waals surface area contributed by atoms with Gasteiger partial charge >= 0.3 is 0 Å². The molecule has 0 radical (unpaired) electrons. The van der Waals surface area contributed by atoms with Gasteiger partial charge in [0, 0.05) is 10.0 Å². The number of ether oxygens (including phenoxy) is 1. The summed E-state index contributed by atoms with van der Waals surface area (Å²) in [6.45, 7) is 3.74. The number of aryl methyl sites for hydroxylation is 1. The van der Waals surface area contributed by atoms with Crippen molar-refractivity contribution in [1.29, 1.82) is 0 Å². The number of anilines is 1. The summed E-state index contributed by atoms with van der Waals surface area (Å²) < 4.78 is 5.79. The van der Waals surface area contributed by atoms with E-state index in [1.165, 1.54) is 70.3 Å². The Morgan fingerprint density at radius 2 is 1.47 bits per heavy atom. The molecule has 36 heavy (non-hydrogen) atoms. The van der Waals surface area contributed by atoms with E-state index in [9.17, 15) is 9.90 Å². The second-order valence-electron chi connectivity index (χ2n) is 9.42. The Morgan fingerprint density at radius 1 is 0.889 bits per heavy atom. The van der Waals surface area contributed by atoms with Gasteiger partial charge in [0.2, 0.25) is 0 Å². The van der Waals surface area contributed by atoms with E-state index in [2.05, 4.69) is 12.2 Å². The highest BCUT2D eigenvalue weighted by Gasteiger charge is 2.15. The van der Waals surface area contributed by atoms with Gasteiger partial charge in [-0.3, -0.25) is 4.79 Å². The van der Waals surface area contributed by atoms with Gasteiger partial charge in [-0.15, -0.1) is 0 Å². The number of unbranched alkanes of at least 4 members (excludes halogenated alkanes) is 11. The molecule has 0 atom stereocenters. The molecule has 7 heteroatoms. The van der Waals surface area contributed by atoms with Crippen molar-refractivity contribution >= 4 is 46.4 Å². The fourth-order valence-corrected chi connectivity index (χ4v) is 4.82. The molecule has 0 aliphatic heterocycles. The summed E-state index contributed by atoms with van der Waals surface area (Å²) in [6, 6.07) is 6.92. The molecule has 1 amide bonds. The summed E-state index contributed by atoms with van der Waals surface area (Å²) in [5.74, 6) is 0.000406. The molecule has 0 unspecified atom stereocenters. The molecule has 2 N–H and O–H groups in total. The van der Waals surface area contributed by atoms with Crippen LogP contribution in [0.25, 0.3) is 0 Å². The van der Waals surface area contributed by atoms with Crippen molar-refractivity contribution in [2.75, 3.05) is 11.9 Å². The normalized spacial score (nSPS) is 11.0. The SMILES string of the molecule is CCCCCCCCCCCCCCc1cc(Cl)ccc1OCC(=O)Nc1cc(Cl)c(C)c(Cl)c1O. The number of rotatable bonds is 17. The monoisotopic (exact) mass is 555 g/mol. The molecule has 0 saturated carbocycles. The highest BCUT2D eigenvalue weighted by atomic mass is 35.5. The topological polar surface area (TPSA) is 58.6 Å². The lowest BCUT2D eigenvalue weighted by atomic mass is 10.0. The third-order valence-electron chi connectivity index (χ3n) is 6.38. The van der Waals surface area contributed by atoms with Gasteiger partial charge in [-0.2, -0.15) is 0 Å². The van der Waals surface area contributed by atoms with E-state index in [1.807, 2.05) is 6.07 Å². The Morgan fingerprint density at radius 3 is 2.08 bits per heavy atom. The lowest BCUT2D eigenvalue weighted by molar-refractivity contribution is -0.118. The van der Waals surface area contributed by atoms with Gasteiger partial charge in [0.05, 0.1) is 10.7 Å². The fourth-order valence-electron chi connectivity index (χ4n) is 4.17. The molecule has 0 aromatic heterocycles. The minimum atomic E-state index is -0.424. The number of phenols is 1. The van der Waals surface area contributed by atoms with E-state index in [4.69, 9.17) is 39.5 Å². The Hall–Kier alpha value is -1.62. The maximum Gasteiger partial charge on any atom is 0.262 e. The molecule has 2 aromatic carbocycles. The van der Waals surface area contributed by atoms with Crippen molar-refractivity contribution in [3.8, 4) is 11.5 Å². The molecule has 0 bridgehead atoms. The molecule has 2 rings (SSSR count). The van der Waals surface area contributed by atoms with Gasteiger partial charge in [-0.05, 0) is 55.2 Å². The molecular formula is C29H40Cl3NO3. The van der Waals surface area contributed by atoms with Crippen LogP contribution in [0.3, 0.4) is 0 Å².